The second kappa shape index (κ2) is 9.53. The van der Waals surface area contributed by atoms with E-state index in [9.17, 15) is 9.59 Å². The largest absolute Gasteiger partial charge is 0.338 e. The van der Waals surface area contributed by atoms with E-state index in [1.54, 1.807) is 11.8 Å². The van der Waals surface area contributed by atoms with Crippen LogP contribution >= 0.6 is 12.4 Å². The summed E-state index contributed by atoms with van der Waals surface area (Å²) in [5, 5.41) is 3.28. The van der Waals surface area contributed by atoms with Crippen LogP contribution in [0.5, 0.6) is 0 Å². The van der Waals surface area contributed by atoms with Gasteiger partial charge in [-0.3, -0.25) is 9.59 Å². The molecule has 1 saturated heterocycles. The summed E-state index contributed by atoms with van der Waals surface area (Å²) in [6, 6.07) is 10.1. The van der Waals surface area contributed by atoms with E-state index in [2.05, 4.69) is 12.2 Å². The highest BCUT2D eigenvalue weighted by Gasteiger charge is 2.23. The van der Waals surface area contributed by atoms with Gasteiger partial charge < -0.3 is 15.1 Å². The summed E-state index contributed by atoms with van der Waals surface area (Å²) in [7, 11) is 0. The lowest BCUT2D eigenvalue weighted by molar-refractivity contribution is -0.135. The van der Waals surface area contributed by atoms with Crippen molar-refractivity contribution in [1.82, 2.24) is 15.1 Å². The molecule has 0 aromatic heterocycles. The fourth-order valence-electron chi connectivity index (χ4n) is 2.74. The number of nitrogens with one attached hydrogen (secondary N) is 1. The first-order valence-electron chi connectivity index (χ1n) is 7.87. The number of carbonyl (C=O) groups excluding carboxylic acids is 2. The van der Waals surface area contributed by atoms with E-state index in [0.29, 0.717) is 19.5 Å². The topological polar surface area (TPSA) is 52.7 Å². The minimum Gasteiger partial charge on any atom is -0.338 e. The molecule has 1 fully saturated rings. The number of halogens is 1. The SMILES string of the molecule is CC(=O)N(CCC(=O)N1CCNC[C@H]1C)Cc1ccccc1.Cl. The second-order valence-corrected chi connectivity index (χ2v) is 5.82. The molecular formula is C17H26ClN3O2. The van der Waals surface area contributed by atoms with Crippen LogP contribution in [0.15, 0.2) is 30.3 Å². The molecule has 23 heavy (non-hydrogen) atoms. The zero-order valence-electron chi connectivity index (χ0n) is 13.8. The van der Waals surface area contributed by atoms with Gasteiger partial charge >= 0.3 is 0 Å². The summed E-state index contributed by atoms with van der Waals surface area (Å²) in [6.07, 6.45) is 0.386. The predicted molar refractivity (Wildman–Crippen MR) is 93.4 cm³/mol. The van der Waals surface area contributed by atoms with Crippen LogP contribution in [0, 0.1) is 0 Å². The van der Waals surface area contributed by atoms with E-state index in [0.717, 1.165) is 25.2 Å². The maximum Gasteiger partial charge on any atom is 0.224 e. The molecule has 6 heteroatoms. The first kappa shape index (κ1) is 19.5. The maximum absolute atomic E-state index is 12.3. The molecule has 0 spiro atoms. The van der Waals surface area contributed by atoms with Crippen LogP contribution in [0.1, 0.15) is 25.8 Å². The second-order valence-electron chi connectivity index (χ2n) is 5.82. The van der Waals surface area contributed by atoms with Crippen molar-refractivity contribution in [2.45, 2.75) is 32.9 Å². The predicted octanol–water partition coefficient (Wildman–Crippen LogP) is 1.67. The minimum atomic E-state index is 0. The Morgan fingerprint density at radius 2 is 2.00 bits per heavy atom. The fourth-order valence-corrected chi connectivity index (χ4v) is 2.74. The highest BCUT2D eigenvalue weighted by Crippen LogP contribution is 2.09. The van der Waals surface area contributed by atoms with Crippen LogP contribution < -0.4 is 5.32 Å². The molecule has 2 amide bonds. The van der Waals surface area contributed by atoms with E-state index in [1.807, 2.05) is 35.2 Å². The van der Waals surface area contributed by atoms with Crippen LogP contribution in [-0.4, -0.2) is 53.8 Å². The van der Waals surface area contributed by atoms with Crippen molar-refractivity contribution in [3.8, 4) is 0 Å². The normalized spacial score (nSPS) is 17.3. The summed E-state index contributed by atoms with van der Waals surface area (Å²) < 4.78 is 0. The van der Waals surface area contributed by atoms with Gasteiger partial charge in [-0.1, -0.05) is 30.3 Å². The molecule has 2 rings (SSSR count). The first-order valence-corrected chi connectivity index (χ1v) is 7.87. The number of nitrogens with zero attached hydrogens (tertiary/aromatic N) is 2. The van der Waals surface area contributed by atoms with Crippen LogP contribution in [0.25, 0.3) is 0 Å². The Kier molecular flexibility index (Phi) is 8.06. The van der Waals surface area contributed by atoms with Gasteiger partial charge in [-0.05, 0) is 12.5 Å². The van der Waals surface area contributed by atoms with Gasteiger partial charge in [0.05, 0.1) is 0 Å². The molecule has 1 aromatic rings. The first-order chi connectivity index (χ1) is 10.6. The Morgan fingerprint density at radius 3 is 2.61 bits per heavy atom. The highest BCUT2D eigenvalue weighted by molar-refractivity contribution is 5.85. The third kappa shape index (κ3) is 5.84. The van der Waals surface area contributed by atoms with E-state index >= 15 is 0 Å². The molecule has 0 bridgehead atoms. The van der Waals surface area contributed by atoms with E-state index in [4.69, 9.17) is 0 Å². The third-order valence-corrected chi connectivity index (χ3v) is 4.08. The molecule has 1 aliphatic heterocycles. The Bertz CT molecular complexity index is 510. The number of benzene rings is 1. The summed E-state index contributed by atoms with van der Waals surface area (Å²) in [6.45, 7) is 7.07. The number of hydrogen-bond donors (Lipinski definition) is 1. The van der Waals surface area contributed by atoms with Gasteiger partial charge in [-0.25, -0.2) is 0 Å². The van der Waals surface area contributed by atoms with Crippen molar-refractivity contribution in [2.24, 2.45) is 0 Å². The van der Waals surface area contributed by atoms with Crippen molar-refractivity contribution < 1.29 is 9.59 Å². The average Bonchev–Trinajstić information content (AvgIpc) is 2.52. The van der Waals surface area contributed by atoms with Crippen molar-refractivity contribution >= 4 is 24.2 Å². The molecule has 5 nitrogen and oxygen atoms in total. The van der Waals surface area contributed by atoms with Gasteiger partial charge in [0.1, 0.15) is 0 Å². The Balaban J connectivity index is 0.00000264. The maximum atomic E-state index is 12.3. The average molecular weight is 340 g/mol. The minimum absolute atomic E-state index is 0. The molecule has 1 N–H and O–H groups in total. The van der Waals surface area contributed by atoms with Crippen molar-refractivity contribution in [1.29, 1.82) is 0 Å². The van der Waals surface area contributed by atoms with Crippen molar-refractivity contribution in [3.63, 3.8) is 0 Å². The monoisotopic (exact) mass is 339 g/mol. The smallest absolute Gasteiger partial charge is 0.224 e. The van der Waals surface area contributed by atoms with Gasteiger partial charge in [0.15, 0.2) is 0 Å². The number of carbonyl (C=O) groups is 2. The van der Waals surface area contributed by atoms with Crippen molar-refractivity contribution in [3.05, 3.63) is 35.9 Å². The molecule has 0 saturated carbocycles. The quantitative estimate of drug-likeness (QED) is 0.887. The van der Waals surface area contributed by atoms with Gasteiger partial charge in [0.2, 0.25) is 11.8 Å². The Hall–Kier alpha value is -1.59. The number of amides is 2. The number of hydrogen-bond acceptors (Lipinski definition) is 3. The lowest BCUT2D eigenvalue weighted by Gasteiger charge is -2.34. The molecule has 128 valence electrons. The van der Waals surface area contributed by atoms with Crippen LogP contribution in [0.4, 0.5) is 0 Å². The van der Waals surface area contributed by atoms with E-state index in [-0.39, 0.29) is 30.3 Å². The molecule has 0 aliphatic carbocycles. The van der Waals surface area contributed by atoms with E-state index < -0.39 is 0 Å². The van der Waals surface area contributed by atoms with E-state index in [1.165, 1.54) is 0 Å². The summed E-state index contributed by atoms with van der Waals surface area (Å²) in [4.78, 5) is 27.8. The zero-order chi connectivity index (χ0) is 15.9. The zero-order valence-corrected chi connectivity index (χ0v) is 14.6. The Morgan fingerprint density at radius 1 is 1.30 bits per heavy atom. The van der Waals surface area contributed by atoms with Gasteiger partial charge in [0.25, 0.3) is 0 Å². The molecule has 1 aromatic carbocycles. The van der Waals surface area contributed by atoms with Gasteiger partial charge in [-0.2, -0.15) is 0 Å². The highest BCUT2D eigenvalue weighted by atomic mass is 35.5. The van der Waals surface area contributed by atoms with Gasteiger partial charge in [-0.15, -0.1) is 12.4 Å². The molecule has 0 radical (unpaired) electrons. The lowest BCUT2D eigenvalue weighted by atomic mass is 10.2. The Labute approximate surface area is 144 Å². The molecular weight excluding hydrogens is 314 g/mol. The van der Waals surface area contributed by atoms with Crippen LogP contribution in [0.3, 0.4) is 0 Å². The summed E-state index contributed by atoms with van der Waals surface area (Å²) in [5.74, 6) is 0.137. The molecule has 1 heterocycles. The van der Waals surface area contributed by atoms with Crippen LogP contribution in [-0.2, 0) is 16.1 Å². The van der Waals surface area contributed by atoms with Crippen LogP contribution in [0.2, 0.25) is 0 Å². The molecule has 0 unspecified atom stereocenters. The summed E-state index contributed by atoms with van der Waals surface area (Å²) >= 11 is 0. The standard InChI is InChI=1S/C17H25N3O2.ClH/c1-14-12-18-9-11-20(14)17(22)8-10-19(15(2)21)13-16-6-4-3-5-7-16;/h3-7,14,18H,8-13H2,1-2H3;1H/t14-;/m1./s1. The van der Waals surface area contributed by atoms with Gasteiger partial charge in [0, 0.05) is 52.1 Å². The third-order valence-electron chi connectivity index (χ3n) is 4.08. The molecule has 1 atom stereocenters. The fraction of sp³-hybridized carbons (Fsp3) is 0.529. The number of rotatable bonds is 5. The van der Waals surface area contributed by atoms with Crippen molar-refractivity contribution in [2.75, 3.05) is 26.2 Å². The lowest BCUT2D eigenvalue weighted by Crippen LogP contribution is -2.52. The molecule has 1 aliphatic rings. The number of piperazine rings is 1. The summed E-state index contributed by atoms with van der Waals surface area (Å²) in [5.41, 5.74) is 1.08.